The van der Waals surface area contributed by atoms with Crippen LogP contribution in [0.5, 0.6) is 0 Å². The first kappa shape index (κ1) is 17.8. The molecular formula is C18H14N4O5. The van der Waals surface area contributed by atoms with Crippen molar-refractivity contribution >= 4 is 23.3 Å². The number of anilines is 1. The molecule has 3 rings (SSSR count). The number of non-ortho nitro benzene ring substituents is 1. The molecule has 9 heteroatoms. The number of hydrogen-bond acceptors (Lipinski definition) is 7. The number of aryl methyl sites for hydroxylation is 1. The molecule has 1 N–H and O–H groups in total. The highest BCUT2D eigenvalue weighted by Gasteiger charge is 2.18. The van der Waals surface area contributed by atoms with E-state index in [1.807, 2.05) is 0 Å². The summed E-state index contributed by atoms with van der Waals surface area (Å²) in [7, 11) is 0. The zero-order valence-corrected chi connectivity index (χ0v) is 14.2. The van der Waals surface area contributed by atoms with Gasteiger partial charge in [0.1, 0.15) is 11.5 Å². The summed E-state index contributed by atoms with van der Waals surface area (Å²) in [6.45, 7) is 1.78. The molecule has 0 unspecified atom stereocenters. The first-order chi connectivity index (χ1) is 12.9. The van der Waals surface area contributed by atoms with Crippen molar-refractivity contribution in [3.63, 3.8) is 0 Å². The number of benzene rings is 2. The fourth-order valence-electron chi connectivity index (χ4n) is 2.40. The van der Waals surface area contributed by atoms with E-state index in [2.05, 4.69) is 10.5 Å². The molecule has 0 atom stereocenters. The van der Waals surface area contributed by atoms with Gasteiger partial charge in [-0.15, -0.1) is 0 Å². The van der Waals surface area contributed by atoms with E-state index < -0.39 is 9.85 Å². The molecule has 0 saturated carbocycles. The third kappa shape index (κ3) is 4.15. The van der Waals surface area contributed by atoms with Crippen molar-refractivity contribution in [1.82, 2.24) is 0 Å². The molecule has 0 aliphatic heterocycles. The average Bonchev–Trinajstić information content (AvgIpc) is 3.10. The Hall–Kier alpha value is -4.01. The largest absolute Gasteiger partial charge is 0.455 e. The highest BCUT2D eigenvalue weighted by Crippen LogP contribution is 2.31. The van der Waals surface area contributed by atoms with Gasteiger partial charge in [-0.2, -0.15) is 5.10 Å². The lowest BCUT2D eigenvalue weighted by Crippen LogP contribution is -1.92. The predicted molar refractivity (Wildman–Crippen MR) is 99.8 cm³/mol. The fraction of sp³-hybridized carbons (Fsp3) is 0.0556. The number of nitrogens with zero attached hydrogens (tertiary/aromatic N) is 3. The standard InChI is InChI=1S/C18H14N4O5/c1-12-2-8-16(17(10-12)22(25)26)18-9-7-15(27-18)11-19-20-13-3-5-14(6-4-13)21(23)24/h2-11,20H,1H3. The molecule has 0 amide bonds. The van der Waals surface area contributed by atoms with Gasteiger partial charge in [-0.1, -0.05) is 6.07 Å². The summed E-state index contributed by atoms with van der Waals surface area (Å²) in [5.41, 5.74) is 4.41. The monoisotopic (exact) mass is 366 g/mol. The van der Waals surface area contributed by atoms with Gasteiger partial charge in [-0.05, 0) is 42.8 Å². The fourth-order valence-corrected chi connectivity index (χ4v) is 2.40. The zero-order chi connectivity index (χ0) is 19.4. The maximum absolute atomic E-state index is 11.2. The molecule has 0 bridgehead atoms. The van der Waals surface area contributed by atoms with Crippen molar-refractivity contribution in [2.75, 3.05) is 5.43 Å². The molecule has 0 aliphatic rings. The Morgan fingerprint density at radius 3 is 2.41 bits per heavy atom. The van der Waals surface area contributed by atoms with E-state index >= 15 is 0 Å². The van der Waals surface area contributed by atoms with Crippen LogP contribution in [-0.4, -0.2) is 16.1 Å². The summed E-state index contributed by atoms with van der Waals surface area (Å²) < 4.78 is 5.61. The molecule has 1 heterocycles. The van der Waals surface area contributed by atoms with E-state index in [0.717, 1.165) is 5.56 Å². The van der Waals surface area contributed by atoms with Gasteiger partial charge in [0.15, 0.2) is 0 Å². The van der Waals surface area contributed by atoms with Gasteiger partial charge in [0.05, 0.1) is 27.3 Å². The highest BCUT2D eigenvalue weighted by molar-refractivity contribution is 5.79. The molecule has 27 heavy (non-hydrogen) atoms. The number of furan rings is 1. The molecule has 3 aromatic rings. The molecule has 9 nitrogen and oxygen atoms in total. The minimum Gasteiger partial charge on any atom is -0.455 e. The van der Waals surface area contributed by atoms with Crippen LogP contribution in [0.2, 0.25) is 0 Å². The molecule has 0 aliphatic carbocycles. The number of nitrogens with one attached hydrogen (secondary N) is 1. The number of hydrazone groups is 1. The van der Waals surface area contributed by atoms with E-state index in [4.69, 9.17) is 4.42 Å². The van der Waals surface area contributed by atoms with E-state index in [-0.39, 0.29) is 11.4 Å². The van der Waals surface area contributed by atoms with Crippen molar-refractivity contribution in [3.05, 3.63) is 86.1 Å². The van der Waals surface area contributed by atoms with Crippen LogP contribution < -0.4 is 5.43 Å². The zero-order valence-electron chi connectivity index (χ0n) is 14.2. The lowest BCUT2D eigenvalue weighted by molar-refractivity contribution is -0.384. The number of rotatable bonds is 6. The van der Waals surface area contributed by atoms with Crippen LogP contribution in [0.3, 0.4) is 0 Å². The van der Waals surface area contributed by atoms with E-state index in [1.54, 1.807) is 31.2 Å². The molecule has 0 saturated heterocycles. The highest BCUT2D eigenvalue weighted by atomic mass is 16.6. The Morgan fingerprint density at radius 2 is 1.74 bits per heavy atom. The predicted octanol–water partition coefficient (Wildman–Crippen LogP) is 4.52. The van der Waals surface area contributed by atoms with Crippen molar-refractivity contribution in [2.45, 2.75) is 6.92 Å². The van der Waals surface area contributed by atoms with Crippen molar-refractivity contribution in [3.8, 4) is 11.3 Å². The summed E-state index contributed by atoms with van der Waals surface area (Å²) in [5, 5.41) is 25.8. The quantitative estimate of drug-likeness (QED) is 0.388. The number of nitro groups is 2. The molecule has 1 aromatic heterocycles. The van der Waals surface area contributed by atoms with Gasteiger partial charge >= 0.3 is 0 Å². The Labute approximate surface area is 153 Å². The third-order valence-corrected chi connectivity index (χ3v) is 3.71. The van der Waals surface area contributed by atoms with Gasteiger partial charge < -0.3 is 4.42 Å². The first-order valence-corrected chi connectivity index (χ1v) is 7.83. The lowest BCUT2D eigenvalue weighted by atomic mass is 10.1. The Bertz CT molecular complexity index is 1020. The Morgan fingerprint density at radius 1 is 1.00 bits per heavy atom. The normalized spacial score (nSPS) is 10.9. The van der Waals surface area contributed by atoms with Crippen molar-refractivity contribution in [2.24, 2.45) is 5.10 Å². The van der Waals surface area contributed by atoms with Gasteiger partial charge in [0.25, 0.3) is 11.4 Å². The summed E-state index contributed by atoms with van der Waals surface area (Å²) >= 11 is 0. The van der Waals surface area contributed by atoms with Crippen molar-refractivity contribution in [1.29, 1.82) is 0 Å². The summed E-state index contributed by atoms with van der Waals surface area (Å²) in [5.74, 6) is 0.757. The van der Waals surface area contributed by atoms with Crippen LogP contribution in [0.1, 0.15) is 11.3 Å². The summed E-state index contributed by atoms with van der Waals surface area (Å²) in [6, 6.07) is 13.9. The minimum absolute atomic E-state index is 0.0140. The van der Waals surface area contributed by atoms with Gasteiger partial charge in [-0.3, -0.25) is 25.7 Å². The molecule has 0 fully saturated rings. The SMILES string of the molecule is Cc1ccc(-c2ccc(C=NNc3ccc([N+](=O)[O-])cc3)o2)c([N+](=O)[O-])c1. The maximum Gasteiger partial charge on any atom is 0.280 e. The minimum atomic E-state index is -0.484. The van der Waals surface area contributed by atoms with E-state index in [9.17, 15) is 20.2 Å². The molecule has 0 spiro atoms. The van der Waals surface area contributed by atoms with Crippen LogP contribution in [0.4, 0.5) is 17.1 Å². The van der Waals surface area contributed by atoms with Gasteiger partial charge in [-0.25, -0.2) is 0 Å². The molecular weight excluding hydrogens is 352 g/mol. The average molecular weight is 366 g/mol. The van der Waals surface area contributed by atoms with E-state index in [0.29, 0.717) is 22.8 Å². The summed E-state index contributed by atoms with van der Waals surface area (Å²) in [6.07, 6.45) is 1.41. The second-order valence-corrected chi connectivity index (χ2v) is 5.65. The smallest absolute Gasteiger partial charge is 0.280 e. The van der Waals surface area contributed by atoms with Crippen LogP contribution in [-0.2, 0) is 0 Å². The van der Waals surface area contributed by atoms with Gasteiger partial charge in [0.2, 0.25) is 0 Å². The topological polar surface area (TPSA) is 124 Å². The van der Waals surface area contributed by atoms with E-state index in [1.165, 1.54) is 36.5 Å². The van der Waals surface area contributed by atoms with Crippen LogP contribution in [0, 0.1) is 27.2 Å². The second kappa shape index (κ2) is 7.48. The summed E-state index contributed by atoms with van der Waals surface area (Å²) in [4.78, 5) is 20.9. The van der Waals surface area contributed by atoms with Crippen LogP contribution >= 0.6 is 0 Å². The first-order valence-electron chi connectivity index (χ1n) is 7.83. The molecule has 2 aromatic carbocycles. The second-order valence-electron chi connectivity index (χ2n) is 5.65. The molecule has 0 radical (unpaired) electrons. The third-order valence-electron chi connectivity index (χ3n) is 3.71. The number of nitro benzene ring substituents is 2. The number of hydrogen-bond donors (Lipinski definition) is 1. The lowest BCUT2D eigenvalue weighted by Gasteiger charge is -2.01. The van der Waals surface area contributed by atoms with Crippen molar-refractivity contribution < 1.29 is 14.3 Å². The van der Waals surface area contributed by atoms with Crippen LogP contribution in [0.25, 0.3) is 11.3 Å². The maximum atomic E-state index is 11.2. The molecule has 136 valence electrons. The Balaban J connectivity index is 1.74. The Kier molecular flexibility index (Phi) is 4.93. The van der Waals surface area contributed by atoms with Gasteiger partial charge in [0, 0.05) is 18.2 Å². The van der Waals surface area contributed by atoms with Crippen LogP contribution in [0.15, 0.2) is 64.1 Å².